The Labute approximate surface area is 218 Å². The van der Waals surface area contributed by atoms with E-state index in [1.807, 2.05) is 0 Å². The van der Waals surface area contributed by atoms with Crippen LogP contribution in [0, 0.1) is 12.7 Å². The van der Waals surface area contributed by atoms with E-state index >= 15 is 0 Å². The number of halogens is 2. The summed E-state index contributed by atoms with van der Waals surface area (Å²) in [5.41, 5.74) is 4.20. The van der Waals surface area contributed by atoms with Crippen molar-refractivity contribution in [2.24, 2.45) is 5.10 Å². The maximum Gasteiger partial charge on any atom is 0.262 e. The Kier molecular flexibility index (Phi) is 9.20. The van der Waals surface area contributed by atoms with Gasteiger partial charge in [-0.1, -0.05) is 17.7 Å². The molecule has 0 heterocycles. The number of sulfonamides is 1. The summed E-state index contributed by atoms with van der Waals surface area (Å²) in [5, 5.41) is 6.83. The van der Waals surface area contributed by atoms with E-state index < -0.39 is 34.2 Å². The largest absolute Gasteiger partial charge is 0.484 e. The fourth-order valence-corrected chi connectivity index (χ4v) is 4.20. The van der Waals surface area contributed by atoms with Gasteiger partial charge in [0.15, 0.2) is 6.61 Å². The molecule has 3 aromatic rings. The van der Waals surface area contributed by atoms with Gasteiger partial charge < -0.3 is 10.1 Å². The summed E-state index contributed by atoms with van der Waals surface area (Å²) in [7, 11) is -3.76. The SMILES string of the molecule is Cc1c(Cl)cccc1N(CC(=O)N/N=C/c1ccc(OCC(=O)Nc2ccc(F)cc2)cc1)S(C)(=O)=O. The number of hydrogen-bond acceptors (Lipinski definition) is 6. The second-order valence-corrected chi connectivity index (χ2v) is 10.2. The maximum absolute atomic E-state index is 12.9. The van der Waals surface area contributed by atoms with Crippen LogP contribution in [0.1, 0.15) is 11.1 Å². The lowest BCUT2D eigenvalue weighted by atomic mass is 10.2. The predicted octanol–water partition coefficient (Wildman–Crippen LogP) is 3.72. The van der Waals surface area contributed by atoms with Crippen LogP contribution in [0.15, 0.2) is 71.8 Å². The van der Waals surface area contributed by atoms with Crippen molar-refractivity contribution in [3.05, 3.63) is 88.7 Å². The summed E-state index contributed by atoms with van der Waals surface area (Å²) in [6.07, 6.45) is 2.37. The summed E-state index contributed by atoms with van der Waals surface area (Å²) in [5.74, 6) is -1.03. The molecule has 0 radical (unpaired) electrons. The fourth-order valence-electron chi connectivity index (χ4n) is 3.12. The Bertz CT molecular complexity index is 1400. The van der Waals surface area contributed by atoms with Crippen LogP contribution in [0.3, 0.4) is 0 Å². The van der Waals surface area contributed by atoms with Crippen LogP contribution in [0.25, 0.3) is 0 Å². The van der Waals surface area contributed by atoms with E-state index in [0.717, 1.165) is 10.6 Å². The zero-order valence-electron chi connectivity index (χ0n) is 19.9. The molecule has 0 atom stereocenters. The van der Waals surface area contributed by atoms with Gasteiger partial charge in [-0.3, -0.25) is 13.9 Å². The van der Waals surface area contributed by atoms with Gasteiger partial charge in [0.25, 0.3) is 11.8 Å². The molecule has 2 amide bonds. The molecule has 0 aliphatic rings. The van der Waals surface area contributed by atoms with Crippen molar-refractivity contribution in [3.63, 3.8) is 0 Å². The lowest BCUT2D eigenvalue weighted by molar-refractivity contribution is -0.119. The molecular weight excluding hydrogens is 523 g/mol. The number of carbonyl (C=O) groups excluding carboxylic acids is 2. The number of hydrogen-bond donors (Lipinski definition) is 2. The summed E-state index contributed by atoms with van der Waals surface area (Å²) < 4.78 is 43.9. The molecule has 0 saturated heterocycles. The van der Waals surface area contributed by atoms with E-state index in [-0.39, 0.29) is 6.61 Å². The van der Waals surface area contributed by atoms with Gasteiger partial charge in [-0.15, -0.1) is 0 Å². The van der Waals surface area contributed by atoms with Crippen molar-refractivity contribution in [1.82, 2.24) is 5.43 Å². The Morgan fingerprint density at radius 1 is 1.05 bits per heavy atom. The third-order valence-electron chi connectivity index (χ3n) is 4.98. The summed E-state index contributed by atoms with van der Waals surface area (Å²) in [6.45, 7) is 0.936. The smallest absolute Gasteiger partial charge is 0.262 e. The van der Waals surface area contributed by atoms with Gasteiger partial charge in [0, 0.05) is 10.7 Å². The fraction of sp³-hybridized carbons (Fsp3) is 0.160. The van der Waals surface area contributed by atoms with Crippen LogP contribution in [-0.4, -0.2) is 45.9 Å². The highest BCUT2D eigenvalue weighted by molar-refractivity contribution is 7.92. The molecule has 3 aromatic carbocycles. The van der Waals surface area contributed by atoms with E-state index in [1.54, 1.807) is 49.4 Å². The predicted molar refractivity (Wildman–Crippen MR) is 141 cm³/mol. The van der Waals surface area contributed by atoms with Crippen LogP contribution >= 0.6 is 11.6 Å². The molecule has 37 heavy (non-hydrogen) atoms. The number of hydrazone groups is 1. The van der Waals surface area contributed by atoms with Crippen molar-refractivity contribution in [2.45, 2.75) is 6.92 Å². The van der Waals surface area contributed by atoms with Crippen molar-refractivity contribution in [1.29, 1.82) is 0 Å². The third kappa shape index (κ3) is 8.29. The number of amides is 2. The average Bonchev–Trinajstić information content (AvgIpc) is 2.85. The van der Waals surface area contributed by atoms with Crippen molar-refractivity contribution < 1.29 is 27.1 Å². The summed E-state index contributed by atoms with van der Waals surface area (Å²) in [4.78, 5) is 24.3. The van der Waals surface area contributed by atoms with Gasteiger partial charge in [0.1, 0.15) is 18.1 Å². The van der Waals surface area contributed by atoms with Gasteiger partial charge in [0.05, 0.1) is 18.2 Å². The number of anilines is 2. The van der Waals surface area contributed by atoms with Crippen molar-refractivity contribution in [2.75, 3.05) is 29.0 Å². The molecule has 194 valence electrons. The molecule has 0 aliphatic heterocycles. The normalized spacial score (nSPS) is 11.2. The zero-order valence-corrected chi connectivity index (χ0v) is 21.5. The first-order chi connectivity index (χ1) is 17.5. The lowest BCUT2D eigenvalue weighted by Crippen LogP contribution is -2.39. The number of ether oxygens (including phenoxy) is 1. The van der Waals surface area contributed by atoms with E-state index in [4.69, 9.17) is 16.3 Å². The summed E-state index contributed by atoms with van der Waals surface area (Å²) >= 11 is 6.09. The molecule has 0 aromatic heterocycles. The first-order valence-electron chi connectivity index (χ1n) is 10.9. The Morgan fingerprint density at radius 3 is 2.38 bits per heavy atom. The monoisotopic (exact) mass is 546 g/mol. The maximum atomic E-state index is 12.9. The average molecular weight is 547 g/mol. The van der Waals surface area contributed by atoms with E-state index in [9.17, 15) is 22.4 Å². The molecule has 3 rings (SSSR count). The summed E-state index contributed by atoms with van der Waals surface area (Å²) in [6, 6.07) is 16.7. The Hall–Kier alpha value is -3.96. The van der Waals surface area contributed by atoms with Crippen molar-refractivity contribution in [3.8, 4) is 5.75 Å². The first-order valence-corrected chi connectivity index (χ1v) is 13.1. The second-order valence-electron chi connectivity index (χ2n) is 7.86. The quantitative estimate of drug-likeness (QED) is 0.297. The molecule has 0 aliphatic carbocycles. The standard InChI is InChI=1S/C25H24ClFN4O5S/c1-17-22(26)4-3-5-23(17)31(37(2,34)35)15-24(32)30-28-14-18-6-12-21(13-7-18)36-16-25(33)29-20-10-8-19(27)9-11-20/h3-14H,15-16H2,1-2H3,(H,29,33)(H,30,32)/b28-14+. The second kappa shape index (κ2) is 12.3. The molecular formula is C25H24ClFN4O5S. The molecule has 0 saturated carbocycles. The molecule has 12 heteroatoms. The van der Waals surface area contributed by atoms with Crippen LogP contribution in [-0.2, 0) is 19.6 Å². The number of rotatable bonds is 10. The minimum atomic E-state index is -3.76. The first kappa shape index (κ1) is 27.6. The zero-order chi connectivity index (χ0) is 27.0. The van der Waals surface area contributed by atoms with Crippen LogP contribution in [0.4, 0.5) is 15.8 Å². The highest BCUT2D eigenvalue weighted by Crippen LogP contribution is 2.28. The molecule has 0 spiro atoms. The van der Waals surface area contributed by atoms with E-state index in [2.05, 4.69) is 15.8 Å². The minimum absolute atomic E-state index is 0.246. The molecule has 0 unspecified atom stereocenters. The van der Waals surface area contributed by atoms with Gasteiger partial charge in [-0.2, -0.15) is 5.10 Å². The van der Waals surface area contributed by atoms with Crippen molar-refractivity contribution >= 4 is 51.0 Å². The highest BCUT2D eigenvalue weighted by atomic mass is 35.5. The van der Waals surface area contributed by atoms with E-state index in [0.29, 0.717) is 33.3 Å². The molecule has 0 fully saturated rings. The Morgan fingerprint density at radius 2 is 1.73 bits per heavy atom. The topological polar surface area (TPSA) is 117 Å². The van der Waals surface area contributed by atoms with Gasteiger partial charge in [-0.05, 0) is 78.7 Å². The lowest BCUT2D eigenvalue weighted by Gasteiger charge is -2.23. The van der Waals surface area contributed by atoms with E-state index in [1.165, 1.54) is 30.5 Å². The highest BCUT2D eigenvalue weighted by Gasteiger charge is 2.23. The number of benzene rings is 3. The molecule has 2 N–H and O–H groups in total. The van der Waals surface area contributed by atoms with Gasteiger partial charge in [-0.25, -0.2) is 18.2 Å². The Balaban J connectivity index is 1.51. The minimum Gasteiger partial charge on any atom is -0.484 e. The number of carbonyl (C=O) groups is 2. The van der Waals surface area contributed by atoms with Crippen LogP contribution in [0.5, 0.6) is 5.75 Å². The number of nitrogens with zero attached hydrogens (tertiary/aromatic N) is 2. The van der Waals surface area contributed by atoms with Gasteiger partial charge >= 0.3 is 0 Å². The van der Waals surface area contributed by atoms with Gasteiger partial charge in [0.2, 0.25) is 10.0 Å². The number of nitrogens with one attached hydrogen (secondary N) is 2. The van der Waals surface area contributed by atoms with Crippen LogP contribution < -0.4 is 19.8 Å². The molecule has 9 nitrogen and oxygen atoms in total. The third-order valence-corrected chi connectivity index (χ3v) is 6.51. The van der Waals surface area contributed by atoms with Crippen LogP contribution in [0.2, 0.25) is 5.02 Å². The molecule has 0 bridgehead atoms.